The number of phenols is 2. The summed E-state index contributed by atoms with van der Waals surface area (Å²) in [4.78, 5) is 0. The highest BCUT2D eigenvalue weighted by Gasteiger charge is 2.56. The van der Waals surface area contributed by atoms with Crippen molar-refractivity contribution in [2.45, 2.75) is 24.4 Å². The summed E-state index contributed by atoms with van der Waals surface area (Å²) in [7, 11) is 0. The second-order valence-corrected chi connectivity index (χ2v) is 6.86. The number of fused-ring (bicyclic) bond motifs is 3. The van der Waals surface area contributed by atoms with Gasteiger partial charge in [-0.25, -0.2) is 8.78 Å². The van der Waals surface area contributed by atoms with Crippen LogP contribution in [0.2, 0.25) is 0 Å². The molecule has 0 radical (unpaired) electrons. The molecule has 2 aromatic carbocycles. The molecule has 1 heterocycles. The van der Waals surface area contributed by atoms with Gasteiger partial charge >= 0.3 is 0 Å². The smallest absolute Gasteiger partial charge is 0.270 e. The lowest BCUT2D eigenvalue weighted by atomic mass is 9.78. The maximum Gasteiger partial charge on any atom is 0.270 e. The van der Waals surface area contributed by atoms with Gasteiger partial charge in [0, 0.05) is 29.4 Å². The number of halogens is 2. The van der Waals surface area contributed by atoms with E-state index in [0.29, 0.717) is 22.4 Å². The Morgan fingerprint density at radius 1 is 1.12 bits per heavy atom. The van der Waals surface area contributed by atoms with Crippen molar-refractivity contribution in [1.29, 1.82) is 0 Å². The van der Waals surface area contributed by atoms with Gasteiger partial charge < -0.3 is 14.9 Å². The number of rotatable bonds is 2. The van der Waals surface area contributed by atoms with Crippen molar-refractivity contribution in [1.82, 2.24) is 0 Å². The van der Waals surface area contributed by atoms with E-state index >= 15 is 0 Å². The van der Waals surface area contributed by atoms with Crippen molar-refractivity contribution in [2.75, 3.05) is 0 Å². The Labute approximate surface area is 149 Å². The molecule has 0 amide bonds. The van der Waals surface area contributed by atoms with Gasteiger partial charge in [0.25, 0.3) is 5.92 Å². The van der Waals surface area contributed by atoms with E-state index in [1.54, 1.807) is 12.1 Å². The molecule has 4 rings (SSSR count). The molecule has 0 aromatic heterocycles. The largest absolute Gasteiger partial charge is 0.508 e. The van der Waals surface area contributed by atoms with Crippen molar-refractivity contribution in [2.24, 2.45) is 5.92 Å². The fraction of sp³-hybridized carbons (Fsp3) is 0.238. The summed E-state index contributed by atoms with van der Waals surface area (Å²) in [6, 6.07) is 9.34. The Balaban J connectivity index is 1.91. The van der Waals surface area contributed by atoms with Gasteiger partial charge in [0.05, 0.1) is 0 Å². The van der Waals surface area contributed by atoms with Gasteiger partial charge in [-0.05, 0) is 35.4 Å². The summed E-state index contributed by atoms with van der Waals surface area (Å²) < 4.78 is 35.1. The number of hydrogen-bond acceptors (Lipinski definition) is 3. The molecule has 1 saturated carbocycles. The second-order valence-electron chi connectivity index (χ2n) is 6.86. The van der Waals surface area contributed by atoms with Crippen LogP contribution in [0.1, 0.15) is 35.1 Å². The summed E-state index contributed by atoms with van der Waals surface area (Å²) in [6.45, 7) is 7.39. The van der Waals surface area contributed by atoms with Gasteiger partial charge in [-0.2, -0.15) is 0 Å². The minimum Gasteiger partial charge on any atom is -0.508 e. The molecule has 0 unspecified atom stereocenters. The van der Waals surface area contributed by atoms with Crippen LogP contribution in [-0.2, 0) is 0 Å². The molecule has 1 aliphatic carbocycles. The quantitative estimate of drug-likeness (QED) is 0.730. The molecule has 0 bridgehead atoms. The number of hydrogen-bond donors (Lipinski definition) is 2. The molecule has 0 saturated heterocycles. The van der Waals surface area contributed by atoms with Gasteiger partial charge in [0.1, 0.15) is 23.4 Å². The highest BCUT2D eigenvalue weighted by Crippen LogP contribution is 2.61. The fourth-order valence-electron chi connectivity index (χ4n) is 4.10. The standard InChI is InChI=1S/C21H18F2O3/c1-3-12-8-15(25)9-16-18-11(2)21(22,23)10-17(18)20(26-19(12)16)13-4-6-14(24)7-5-13/h3-9,17-18,20,24-25H,1-2,10H2/t17-,18-,20-/m0/s1. The Morgan fingerprint density at radius 2 is 1.81 bits per heavy atom. The van der Waals surface area contributed by atoms with Crippen molar-refractivity contribution < 1.29 is 23.7 Å². The van der Waals surface area contributed by atoms with E-state index < -0.39 is 23.9 Å². The van der Waals surface area contributed by atoms with E-state index in [2.05, 4.69) is 13.2 Å². The third-order valence-corrected chi connectivity index (χ3v) is 5.31. The van der Waals surface area contributed by atoms with Crippen LogP contribution in [0.4, 0.5) is 8.78 Å². The average molecular weight is 356 g/mol. The normalized spacial score (nSPS) is 25.9. The van der Waals surface area contributed by atoms with E-state index in [9.17, 15) is 19.0 Å². The summed E-state index contributed by atoms with van der Waals surface area (Å²) in [6.07, 6.45) is 0.546. The number of alkyl halides is 2. The molecule has 1 aliphatic heterocycles. The highest BCUT2D eigenvalue weighted by molar-refractivity contribution is 5.64. The van der Waals surface area contributed by atoms with E-state index in [0.717, 1.165) is 0 Å². The van der Waals surface area contributed by atoms with E-state index in [1.807, 2.05) is 0 Å². The average Bonchev–Trinajstić information content (AvgIpc) is 2.84. The van der Waals surface area contributed by atoms with Crippen molar-refractivity contribution >= 4 is 6.08 Å². The molecular formula is C21H18F2O3. The van der Waals surface area contributed by atoms with Crippen LogP contribution in [0.15, 0.2) is 55.1 Å². The zero-order valence-corrected chi connectivity index (χ0v) is 14.0. The zero-order chi connectivity index (χ0) is 18.6. The first kappa shape index (κ1) is 16.6. The third kappa shape index (κ3) is 2.38. The number of aromatic hydroxyl groups is 2. The number of benzene rings is 2. The monoisotopic (exact) mass is 356 g/mol. The first-order valence-corrected chi connectivity index (χ1v) is 8.34. The first-order valence-electron chi connectivity index (χ1n) is 8.34. The number of phenolic OH excluding ortho intramolecular Hbond substituents is 2. The van der Waals surface area contributed by atoms with Gasteiger partial charge in [-0.3, -0.25) is 0 Å². The third-order valence-electron chi connectivity index (χ3n) is 5.31. The minimum absolute atomic E-state index is 0.0212. The molecule has 26 heavy (non-hydrogen) atoms. The lowest BCUT2D eigenvalue weighted by molar-refractivity contribution is 0.0239. The van der Waals surface area contributed by atoms with Crippen LogP contribution in [0, 0.1) is 5.92 Å². The molecular weight excluding hydrogens is 338 g/mol. The van der Waals surface area contributed by atoms with Crippen LogP contribution in [-0.4, -0.2) is 16.1 Å². The van der Waals surface area contributed by atoms with Crippen molar-refractivity contribution in [3.05, 3.63) is 71.8 Å². The Bertz CT molecular complexity index is 902. The van der Waals surface area contributed by atoms with Gasteiger partial charge in [-0.1, -0.05) is 31.4 Å². The summed E-state index contributed by atoms with van der Waals surface area (Å²) >= 11 is 0. The molecule has 2 aromatic rings. The number of allylic oxidation sites excluding steroid dienone is 1. The Kier molecular flexibility index (Phi) is 3.58. The van der Waals surface area contributed by atoms with E-state index in [-0.39, 0.29) is 23.5 Å². The molecule has 3 nitrogen and oxygen atoms in total. The van der Waals surface area contributed by atoms with Crippen molar-refractivity contribution in [3.8, 4) is 17.2 Å². The van der Waals surface area contributed by atoms with Gasteiger partial charge in [-0.15, -0.1) is 0 Å². The zero-order valence-electron chi connectivity index (χ0n) is 14.0. The molecule has 3 atom stereocenters. The molecule has 1 fully saturated rings. The maximum absolute atomic E-state index is 14.5. The van der Waals surface area contributed by atoms with Crippen LogP contribution in [0.3, 0.4) is 0 Å². The molecule has 134 valence electrons. The summed E-state index contributed by atoms with van der Waals surface area (Å²) in [5.74, 6) is -3.63. The lowest BCUT2D eigenvalue weighted by Gasteiger charge is -2.37. The predicted molar refractivity (Wildman–Crippen MR) is 94.6 cm³/mol. The topological polar surface area (TPSA) is 49.7 Å². The van der Waals surface area contributed by atoms with Gasteiger partial charge in [0.2, 0.25) is 0 Å². The molecule has 5 heteroatoms. The molecule has 2 aliphatic rings. The molecule has 2 N–H and O–H groups in total. The van der Waals surface area contributed by atoms with Crippen LogP contribution in [0.5, 0.6) is 17.2 Å². The second kappa shape index (κ2) is 5.59. The fourth-order valence-corrected chi connectivity index (χ4v) is 4.10. The predicted octanol–water partition coefficient (Wildman–Crippen LogP) is 5.17. The van der Waals surface area contributed by atoms with Crippen LogP contribution < -0.4 is 4.74 Å². The van der Waals surface area contributed by atoms with Crippen LogP contribution >= 0.6 is 0 Å². The Hall–Kier alpha value is -2.82. The SMILES string of the molecule is C=Cc1cc(O)cc2c1O[C@@H](c1ccc(O)cc1)[C@H]1CC(F)(F)C(=C)[C@@H]21. The molecule has 0 spiro atoms. The Morgan fingerprint density at radius 3 is 2.46 bits per heavy atom. The minimum atomic E-state index is -3.00. The highest BCUT2D eigenvalue weighted by atomic mass is 19.3. The lowest BCUT2D eigenvalue weighted by Crippen LogP contribution is -2.27. The van der Waals surface area contributed by atoms with E-state index in [4.69, 9.17) is 4.74 Å². The van der Waals surface area contributed by atoms with Crippen LogP contribution in [0.25, 0.3) is 6.08 Å². The maximum atomic E-state index is 14.5. The van der Waals surface area contributed by atoms with Crippen molar-refractivity contribution in [3.63, 3.8) is 0 Å². The van der Waals surface area contributed by atoms with Gasteiger partial charge in [0.15, 0.2) is 0 Å². The first-order chi connectivity index (χ1) is 12.3. The summed E-state index contributed by atoms with van der Waals surface area (Å²) in [5, 5.41) is 19.5. The van der Waals surface area contributed by atoms with E-state index in [1.165, 1.54) is 30.3 Å². The summed E-state index contributed by atoms with van der Waals surface area (Å²) in [5.41, 5.74) is 1.61. The number of ether oxygens (including phenoxy) is 1.